The van der Waals surface area contributed by atoms with Crippen LogP contribution >= 0.6 is 0 Å². The highest BCUT2D eigenvalue weighted by Gasteiger charge is 2.57. The van der Waals surface area contributed by atoms with E-state index in [0.29, 0.717) is 5.56 Å². The van der Waals surface area contributed by atoms with Gasteiger partial charge in [-0.2, -0.15) is 5.48 Å². The van der Waals surface area contributed by atoms with Crippen LogP contribution < -0.4 is 16.1 Å². The minimum atomic E-state index is -2.13. The molecule has 20 atom stereocenters. The molecule has 20 unspecified atom stereocenters. The number of hydrogen-bond donors (Lipinski definition) is 14. The number of amides is 2. The van der Waals surface area contributed by atoms with E-state index in [1.165, 1.54) is 32.0 Å². The van der Waals surface area contributed by atoms with Crippen molar-refractivity contribution in [1.82, 2.24) is 16.1 Å². The Bertz CT molecular complexity index is 1780. The fourth-order valence-electron chi connectivity index (χ4n) is 8.37. The highest BCUT2D eigenvalue weighted by atomic mass is 16.7. The van der Waals surface area contributed by atoms with Gasteiger partial charge in [0.05, 0.1) is 37.4 Å². The fraction of sp³-hybridized carbons (Fsp3) is 0.744. The Morgan fingerprint density at radius 3 is 1.88 bits per heavy atom. The lowest BCUT2D eigenvalue weighted by Crippen LogP contribution is -2.70. The number of methoxy groups -OCH3 is 1. The normalized spacial score (nSPS) is 39.8. The summed E-state index contributed by atoms with van der Waals surface area (Å²) in [5.41, 5.74) is 2.97. The average Bonchev–Trinajstić information content (AvgIpc) is 3.25. The molecule has 1 saturated carbocycles. The zero-order chi connectivity index (χ0) is 48.0. The van der Waals surface area contributed by atoms with Crippen LogP contribution in [0.15, 0.2) is 18.2 Å². The van der Waals surface area contributed by atoms with Crippen LogP contribution in [0.2, 0.25) is 0 Å². The number of benzene rings is 1. The van der Waals surface area contributed by atoms with Crippen molar-refractivity contribution in [3.8, 4) is 11.5 Å². The summed E-state index contributed by atoms with van der Waals surface area (Å²) in [6, 6.07) is 1.22. The fourth-order valence-corrected chi connectivity index (χ4v) is 8.37. The number of phenolic OH excluding ortho intramolecular Hbond substituents is 2. The van der Waals surface area contributed by atoms with E-state index < -0.39 is 171 Å². The maximum atomic E-state index is 14.1. The number of aliphatic carboxylic acids is 1. The second kappa shape index (κ2) is 22.7. The van der Waals surface area contributed by atoms with Crippen LogP contribution in [0.4, 0.5) is 0 Å². The monoisotopic (exact) mass is 937 g/mol. The molecule has 3 heterocycles. The molecule has 0 radical (unpaired) electrons. The van der Waals surface area contributed by atoms with E-state index in [1.54, 1.807) is 0 Å². The number of hydroxylamine groups is 1. The topological polar surface area (TPSA) is 401 Å². The highest BCUT2D eigenvalue weighted by Crippen LogP contribution is 2.38. The summed E-state index contributed by atoms with van der Waals surface area (Å²) in [6.45, 7) is 2.03. The van der Waals surface area contributed by atoms with E-state index in [4.69, 9.17) is 38.0 Å². The Kier molecular flexibility index (Phi) is 18.2. The zero-order valence-electron chi connectivity index (χ0n) is 35.6. The van der Waals surface area contributed by atoms with Gasteiger partial charge in [0, 0.05) is 27.5 Å². The first kappa shape index (κ1) is 52.0. The van der Waals surface area contributed by atoms with Crippen LogP contribution in [0.1, 0.15) is 32.8 Å². The number of aliphatic hydroxyl groups is 8. The molecule has 2 amide bonds. The molecule has 1 aromatic carbocycles. The van der Waals surface area contributed by atoms with Gasteiger partial charge in [-0.15, -0.1) is 0 Å². The number of hydrogen-bond acceptors (Lipinski definition) is 23. The van der Waals surface area contributed by atoms with Crippen molar-refractivity contribution >= 4 is 23.8 Å². The third-order valence-electron chi connectivity index (χ3n) is 11.7. The van der Waals surface area contributed by atoms with E-state index in [9.17, 15) is 75.3 Å². The van der Waals surface area contributed by atoms with Gasteiger partial charge in [-0.3, -0.25) is 9.59 Å². The van der Waals surface area contributed by atoms with Gasteiger partial charge in [-0.05, 0) is 37.5 Å². The second-order valence-electron chi connectivity index (χ2n) is 16.2. The quantitative estimate of drug-likeness (QED) is 0.0392. The number of carbonyl (C=O) groups is 4. The van der Waals surface area contributed by atoms with E-state index >= 15 is 0 Å². The first-order valence-electron chi connectivity index (χ1n) is 20.7. The molecule has 1 aliphatic carbocycles. The summed E-state index contributed by atoms with van der Waals surface area (Å²) in [5.74, 6) is -6.57. The smallest absolute Gasteiger partial charge is 0.335 e. The minimum absolute atomic E-state index is 0.0739. The van der Waals surface area contributed by atoms with Gasteiger partial charge in [-0.25, -0.2) is 9.59 Å². The number of nitrogens with one attached hydrogen (secondary N) is 3. The first-order chi connectivity index (χ1) is 30.7. The van der Waals surface area contributed by atoms with Crippen LogP contribution in [0.3, 0.4) is 0 Å². The number of carbonyl (C=O) groups excluding carboxylic acids is 3. The van der Waals surface area contributed by atoms with E-state index in [1.807, 2.05) is 0 Å². The van der Waals surface area contributed by atoms with Crippen molar-refractivity contribution in [2.75, 3.05) is 26.9 Å². The Morgan fingerprint density at radius 1 is 0.708 bits per heavy atom. The van der Waals surface area contributed by atoms with Crippen molar-refractivity contribution < 1.29 is 113 Å². The molecule has 0 aromatic heterocycles. The van der Waals surface area contributed by atoms with E-state index in [0.717, 1.165) is 14.0 Å². The lowest BCUT2D eigenvalue weighted by Gasteiger charge is -2.50. The van der Waals surface area contributed by atoms with Crippen LogP contribution in [0.5, 0.6) is 11.5 Å². The Hall–Kier alpha value is -3.94. The molecule has 5 rings (SSSR count). The molecule has 0 bridgehead atoms. The number of aliphatic hydroxyl groups excluding tert-OH is 8. The van der Waals surface area contributed by atoms with Crippen molar-refractivity contribution in [2.45, 2.75) is 150 Å². The van der Waals surface area contributed by atoms with Crippen molar-refractivity contribution in [1.29, 1.82) is 0 Å². The van der Waals surface area contributed by atoms with Gasteiger partial charge in [0.15, 0.2) is 30.2 Å². The van der Waals surface area contributed by atoms with Gasteiger partial charge < -0.3 is 105 Å². The van der Waals surface area contributed by atoms with Crippen LogP contribution in [-0.4, -0.2) is 223 Å². The summed E-state index contributed by atoms with van der Waals surface area (Å²) in [7, 11) is 1.06. The van der Waals surface area contributed by atoms with Gasteiger partial charge in [-0.1, -0.05) is 6.07 Å². The van der Waals surface area contributed by atoms with Crippen LogP contribution in [-0.2, 0) is 63.6 Å². The molecule has 3 aliphatic heterocycles. The Balaban J connectivity index is 1.46. The molecule has 26 heteroatoms. The molecule has 3 saturated heterocycles. The highest BCUT2D eigenvalue weighted by molar-refractivity contribution is 5.74. The summed E-state index contributed by atoms with van der Waals surface area (Å²) in [5, 5.41) is 122. The summed E-state index contributed by atoms with van der Waals surface area (Å²) < 4.78 is 40.1. The molecule has 4 aliphatic rings. The summed E-state index contributed by atoms with van der Waals surface area (Å²) in [6.07, 6.45) is -29.9. The van der Waals surface area contributed by atoms with Gasteiger partial charge in [0.25, 0.3) is 0 Å². The predicted octanol–water partition coefficient (Wildman–Crippen LogP) is -6.27. The average molecular weight is 938 g/mol. The maximum absolute atomic E-state index is 14.1. The zero-order valence-corrected chi connectivity index (χ0v) is 35.6. The molecule has 14 N–H and O–H groups in total. The number of ether oxygens (including phenoxy) is 7. The third kappa shape index (κ3) is 12.0. The van der Waals surface area contributed by atoms with Gasteiger partial charge in [0.1, 0.15) is 79.3 Å². The molecule has 4 fully saturated rings. The van der Waals surface area contributed by atoms with Crippen LogP contribution in [0, 0.1) is 5.92 Å². The molecule has 1 aromatic rings. The second-order valence-corrected chi connectivity index (χ2v) is 16.2. The molecular weight excluding hydrogens is 878 g/mol. The number of rotatable bonds is 17. The molecule has 65 heavy (non-hydrogen) atoms. The third-order valence-corrected chi connectivity index (χ3v) is 11.7. The SMILES string of the molecule is COC1C(C(=O)O)OC(OC2C(O)C(CO)OC(OC3C(C(=O)ONCCc4ccc(O)c(O)c4)CC(OC4C(O)C(CO)OC(C)C4NC(C)=O)C(O)C3O)C2NC(C)=O)C(O)C1O. The summed E-state index contributed by atoms with van der Waals surface area (Å²) in [4.78, 5) is 56.3. The lowest BCUT2D eigenvalue weighted by molar-refractivity contribution is -0.350. The summed E-state index contributed by atoms with van der Waals surface area (Å²) >= 11 is 0. The number of aromatic hydroxyl groups is 2. The van der Waals surface area contributed by atoms with Crippen molar-refractivity contribution in [3.05, 3.63) is 23.8 Å². The molecular formula is C39H59N3O23. The number of carboxylic acids is 1. The largest absolute Gasteiger partial charge is 0.504 e. The Labute approximate surface area is 370 Å². The molecule has 368 valence electrons. The number of carboxylic acid groups (broad SMARTS) is 1. The van der Waals surface area contributed by atoms with Gasteiger partial charge in [0.2, 0.25) is 11.8 Å². The lowest BCUT2D eigenvalue weighted by atomic mass is 9.80. The number of phenols is 2. The van der Waals surface area contributed by atoms with Gasteiger partial charge >= 0.3 is 11.9 Å². The predicted molar refractivity (Wildman–Crippen MR) is 210 cm³/mol. The van der Waals surface area contributed by atoms with E-state index in [-0.39, 0.29) is 18.7 Å². The first-order valence-corrected chi connectivity index (χ1v) is 20.7. The minimum Gasteiger partial charge on any atom is -0.504 e. The standard InChI is InChI=1S/C39H59N3O23/c1-13-23(41-14(2)45)32(26(50)21(11-43)59-13)60-20-10-17(37(57)65-40-8-7-16-5-6-18(47)19(48)9-16)31(28(52)25(20)49)62-38-24(42-15(3)46)33(27(51)22(12-44)61-38)63-39-30(54)29(53)34(58-4)35(64-39)36(55)56/h5-6,9,13,17,20-35,38-40,43-44,47-54H,7-8,10-12H2,1-4H3,(H,41,45)(H,42,46)(H,55,56). The molecule has 26 nitrogen and oxygen atoms in total. The van der Waals surface area contributed by atoms with Crippen LogP contribution in [0.25, 0.3) is 0 Å². The van der Waals surface area contributed by atoms with E-state index in [2.05, 4.69) is 16.1 Å². The maximum Gasteiger partial charge on any atom is 0.335 e. The molecule has 0 spiro atoms. The van der Waals surface area contributed by atoms with Crippen molar-refractivity contribution in [3.63, 3.8) is 0 Å². The van der Waals surface area contributed by atoms with Crippen molar-refractivity contribution in [2.24, 2.45) is 5.92 Å². The Morgan fingerprint density at radius 2 is 1.29 bits per heavy atom.